The van der Waals surface area contributed by atoms with Crippen LogP contribution in [0.3, 0.4) is 0 Å². The summed E-state index contributed by atoms with van der Waals surface area (Å²) in [6, 6.07) is 9.52. The van der Waals surface area contributed by atoms with Gasteiger partial charge in [0.1, 0.15) is 0 Å². The molecule has 0 aliphatic rings. The summed E-state index contributed by atoms with van der Waals surface area (Å²) in [5, 5.41) is 4.70. The maximum atomic E-state index is 11.8. The van der Waals surface area contributed by atoms with Crippen LogP contribution in [0.1, 0.15) is 16.9 Å². The average molecular weight is 377 g/mol. The molecule has 1 heterocycles. The standard InChI is InChI=1S/C19H23NO5S/c1-23-16-7-5-14(12-17(16)24-2)9-10-20-18(21)13-25-19(22)8-6-15-4-3-11-26-15/h3-5,7,11-12H,6,8-10,13H2,1-2H3,(H,20,21). The molecular formula is C19H23NO5S. The number of methoxy groups -OCH3 is 2. The largest absolute Gasteiger partial charge is 0.493 e. The van der Waals surface area contributed by atoms with Crippen molar-refractivity contribution in [1.82, 2.24) is 5.32 Å². The van der Waals surface area contributed by atoms with E-state index in [2.05, 4.69) is 5.32 Å². The van der Waals surface area contributed by atoms with Crippen molar-refractivity contribution in [3.8, 4) is 11.5 Å². The highest BCUT2D eigenvalue weighted by molar-refractivity contribution is 7.09. The molecule has 0 fully saturated rings. The van der Waals surface area contributed by atoms with Gasteiger partial charge in [0.2, 0.25) is 0 Å². The van der Waals surface area contributed by atoms with Gasteiger partial charge in [0.25, 0.3) is 5.91 Å². The lowest BCUT2D eigenvalue weighted by Gasteiger charge is -2.10. The molecule has 1 aromatic carbocycles. The maximum absolute atomic E-state index is 11.8. The molecule has 0 saturated heterocycles. The first-order valence-corrected chi connectivity index (χ1v) is 9.16. The highest BCUT2D eigenvalue weighted by Crippen LogP contribution is 2.27. The summed E-state index contributed by atoms with van der Waals surface area (Å²) in [6.07, 6.45) is 1.55. The van der Waals surface area contributed by atoms with Crippen molar-refractivity contribution in [1.29, 1.82) is 0 Å². The van der Waals surface area contributed by atoms with Gasteiger partial charge < -0.3 is 19.5 Å². The number of carbonyl (C=O) groups excluding carboxylic acids is 2. The first-order chi connectivity index (χ1) is 12.6. The summed E-state index contributed by atoms with van der Waals surface area (Å²) >= 11 is 1.60. The molecule has 0 aliphatic carbocycles. The molecule has 140 valence electrons. The second-order valence-corrected chi connectivity index (χ2v) is 6.56. The van der Waals surface area contributed by atoms with Gasteiger partial charge in [0, 0.05) is 11.4 Å². The number of esters is 1. The van der Waals surface area contributed by atoms with E-state index in [9.17, 15) is 9.59 Å². The van der Waals surface area contributed by atoms with Crippen LogP contribution in [-0.2, 0) is 27.2 Å². The van der Waals surface area contributed by atoms with Crippen LogP contribution in [0.2, 0.25) is 0 Å². The number of hydrogen-bond acceptors (Lipinski definition) is 6. The van der Waals surface area contributed by atoms with Crippen molar-refractivity contribution >= 4 is 23.2 Å². The van der Waals surface area contributed by atoms with Crippen LogP contribution >= 0.6 is 11.3 Å². The molecule has 6 nitrogen and oxygen atoms in total. The fourth-order valence-electron chi connectivity index (χ4n) is 2.33. The third kappa shape index (κ3) is 6.40. The van der Waals surface area contributed by atoms with Crippen LogP contribution in [0, 0.1) is 0 Å². The third-order valence-corrected chi connectivity index (χ3v) is 4.64. The van der Waals surface area contributed by atoms with Gasteiger partial charge in [-0.1, -0.05) is 12.1 Å². The second-order valence-electron chi connectivity index (χ2n) is 5.53. The molecule has 26 heavy (non-hydrogen) atoms. The van der Waals surface area contributed by atoms with Crippen molar-refractivity contribution in [2.75, 3.05) is 27.4 Å². The quantitative estimate of drug-likeness (QED) is 0.644. The van der Waals surface area contributed by atoms with Gasteiger partial charge in [-0.3, -0.25) is 9.59 Å². The fourth-order valence-corrected chi connectivity index (χ4v) is 3.04. The Morgan fingerprint density at radius 3 is 2.58 bits per heavy atom. The van der Waals surface area contributed by atoms with Gasteiger partial charge in [-0.25, -0.2) is 0 Å². The monoisotopic (exact) mass is 377 g/mol. The second kappa shape index (κ2) is 10.5. The number of ether oxygens (including phenoxy) is 3. The van der Waals surface area contributed by atoms with E-state index in [-0.39, 0.29) is 24.9 Å². The van der Waals surface area contributed by atoms with E-state index in [1.807, 2.05) is 35.7 Å². The number of amides is 1. The van der Waals surface area contributed by atoms with E-state index in [0.29, 0.717) is 30.9 Å². The van der Waals surface area contributed by atoms with Gasteiger partial charge in [-0.2, -0.15) is 0 Å². The number of aryl methyl sites for hydroxylation is 1. The number of nitrogens with one attached hydrogen (secondary N) is 1. The van der Waals surface area contributed by atoms with Gasteiger partial charge in [-0.05, 0) is 42.0 Å². The minimum Gasteiger partial charge on any atom is -0.493 e. The zero-order valence-corrected chi connectivity index (χ0v) is 15.8. The van der Waals surface area contributed by atoms with Crippen molar-refractivity contribution in [3.05, 3.63) is 46.2 Å². The van der Waals surface area contributed by atoms with Crippen LogP contribution in [0.15, 0.2) is 35.7 Å². The highest BCUT2D eigenvalue weighted by atomic mass is 32.1. The molecular weight excluding hydrogens is 354 g/mol. The highest BCUT2D eigenvalue weighted by Gasteiger charge is 2.09. The minimum absolute atomic E-state index is 0.255. The Bertz CT molecular complexity index is 715. The molecule has 1 amide bonds. The number of carbonyl (C=O) groups is 2. The van der Waals surface area contributed by atoms with Gasteiger partial charge in [0.15, 0.2) is 18.1 Å². The smallest absolute Gasteiger partial charge is 0.306 e. The van der Waals surface area contributed by atoms with E-state index in [0.717, 1.165) is 10.4 Å². The molecule has 0 atom stereocenters. The molecule has 0 unspecified atom stereocenters. The summed E-state index contributed by atoms with van der Waals surface area (Å²) in [5.74, 6) is 0.633. The number of thiophene rings is 1. The van der Waals surface area contributed by atoms with Crippen LogP contribution < -0.4 is 14.8 Å². The van der Waals surface area contributed by atoms with Crippen LogP contribution in [0.25, 0.3) is 0 Å². The minimum atomic E-state index is -0.367. The number of rotatable bonds is 10. The molecule has 2 aromatic rings. The molecule has 7 heteroatoms. The Balaban J connectivity index is 1.64. The van der Waals surface area contributed by atoms with Crippen LogP contribution in [0.4, 0.5) is 0 Å². The molecule has 2 rings (SSSR count). The Labute approximate surface area is 157 Å². The lowest BCUT2D eigenvalue weighted by molar-refractivity contribution is -0.148. The maximum Gasteiger partial charge on any atom is 0.306 e. The van der Waals surface area contributed by atoms with E-state index < -0.39 is 0 Å². The van der Waals surface area contributed by atoms with Crippen molar-refractivity contribution in [2.45, 2.75) is 19.3 Å². The summed E-state index contributed by atoms with van der Waals surface area (Å²) in [7, 11) is 3.16. The molecule has 0 spiro atoms. The molecule has 0 radical (unpaired) electrons. The number of benzene rings is 1. The zero-order chi connectivity index (χ0) is 18.8. The van der Waals surface area contributed by atoms with Crippen molar-refractivity contribution < 1.29 is 23.8 Å². The lowest BCUT2D eigenvalue weighted by atomic mass is 10.1. The lowest BCUT2D eigenvalue weighted by Crippen LogP contribution is -2.30. The Morgan fingerprint density at radius 2 is 1.88 bits per heavy atom. The van der Waals surface area contributed by atoms with Gasteiger partial charge >= 0.3 is 5.97 Å². The zero-order valence-electron chi connectivity index (χ0n) is 14.9. The van der Waals surface area contributed by atoms with E-state index >= 15 is 0 Å². The van der Waals surface area contributed by atoms with Gasteiger partial charge in [-0.15, -0.1) is 11.3 Å². The van der Waals surface area contributed by atoms with Crippen molar-refractivity contribution in [3.63, 3.8) is 0 Å². The summed E-state index contributed by atoms with van der Waals surface area (Å²) in [5.41, 5.74) is 1.01. The fraction of sp³-hybridized carbons (Fsp3) is 0.368. The SMILES string of the molecule is COc1ccc(CCNC(=O)COC(=O)CCc2cccs2)cc1OC. The molecule has 0 saturated carbocycles. The third-order valence-electron chi connectivity index (χ3n) is 3.70. The summed E-state index contributed by atoms with van der Waals surface area (Å²) in [6.45, 7) is 0.191. The van der Waals surface area contributed by atoms with Crippen LogP contribution in [0.5, 0.6) is 11.5 Å². The van der Waals surface area contributed by atoms with Crippen molar-refractivity contribution in [2.24, 2.45) is 0 Å². The Hall–Kier alpha value is -2.54. The molecule has 0 aliphatic heterocycles. The average Bonchev–Trinajstić information content (AvgIpc) is 3.18. The molecule has 1 aromatic heterocycles. The number of hydrogen-bond donors (Lipinski definition) is 1. The predicted molar refractivity (Wildman–Crippen MR) is 99.9 cm³/mol. The first kappa shape index (κ1) is 19.8. The van der Waals surface area contributed by atoms with E-state index in [1.54, 1.807) is 25.6 Å². The van der Waals surface area contributed by atoms with Gasteiger partial charge in [0.05, 0.1) is 20.6 Å². The molecule has 0 bridgehead atoms. The predicted octanol–water partition coefficient (Wildman–Crippen LogP) is 2.60. The van der Waals surface area contributed by atoms with E-state index in [4.69, 9.17) is 14.2 Å². The Morgan fingerprint density at radius 1 is 1.08 bits per heavy atom. The van der Waals surface area contributed by atoms with Crippen LogP contribution in [-0.4, -0.2) is 39.2 Å². The first-order valence-electron chi connectivity index (χ1n) is 8.28. The summed E-state index contributed by atoms with van der Waals surface area (Å²) in [4.78, 5) is 24.5. The topological polar surface area (TPSA) is 73.9 Å². The Kier molecular flexibility index (Phi) is 7.95. The van der Waals surface area contributed by atoms with E-state index in [1.165, 1.54) is 0 Å². The molecule has 1 N–H and O–H groups in total. The summed E-state index contributed by atoms with van der Waals surface area (Å²) < 4.78 is 15.4. The normalized spacial score (nSPS) is 10.2.